The molecule has 0 radical (unpaired) electrons. The third-order valence-electron chi connectivity index (χ3n) is 6.19. The molecule has 0 aliphatic carbocycles. The largest absolute Gasteiger partial charge is 0.354 e. The van der Waals surface area contributed by atoms with Gasteiger partial charge in [0.25, 0.3) is 10.0 Å². The summed E-state index contributed by atoms with van der Waals surface area (Å²) in [6.45, 7) is 3.24. The van der Waals surface area contributed by atoms with Crippen LogP contribution in [0.25, 0.3) is 0 Å². The first-order chi connectivity index (χ1) is 19.0. The summed E-state index contributed by atoms with van der Waals surface area (Å²) in [6, 6.07) is 15.9. The highest BCUT2D eigenvalue weighted by Gasteiger charge is 2.33. The van der Waals surface area contributed by atoms with Crippen molar-refractivity contribution in [3.63, 3.8) is 0 Å². The van der Waals surface area contributed by atoms with Gasteiger partial charge >= 0.3 is 0 Å². The molecule has 1 atom stereocenters. The summed E-state index contributed by atoms with van der Waals surface area (Å²) < 4.78 is 28.5. The lowest BCUT2D eigenvalue weighted by atomic mass is 10.1. The van der Waals surface area contributed by atoms with E-state index in [1.165, 1.54) is 35.2 Å². The van der Waals surface area contributed by atoms with Crippen molar-refractivity contribution in [3.05, 3.63) is 92.4 Å². The number of unbranched alkanes of at least 4 members (excludes halogenated alkanes) is 1. The van der Waals surface area contributed by atoms with Crippen LogP contribution in [0.3, 0.4) is 0 Å². The summed E-state index contributed by atoms with van der Waals surface area (Å²) in [6.07, 6.45) is 1.64. The average Bonchev–Trinajstić information content (AvgIpc) is 2.93. The Labute approximate surface area is 255 Å². The van der Waals surface area contributed by atoms with Crippen LogP contribution in [-0.4, -0.2) is 44.3 Å². The highest BCUT2D eigenvalue weighted by atomic mass is 35.5. The number of nitrogens with one attached hydrogen (secondary N) is 1. The molecular formula is C28H29Cl4N3O4S. The molecule has 0 saturated carbocycles. The molecule has 12 heteroatoms. The quantitative estimate of drug-likeness (QED) is 0.219. The maximum Gasteiger partial charge on any atom is 0.264 e. The Kier molecular flexibility index (Phi) is 11.5. The molecule has 0 heterocycles. The molecule has 7 nitrogen and oxygen atoms in total. The zero-order valence-corrected chi connectivity index (χ0v) is 25.8. The van der Waals surface area contributed by atoms with Gasteiger partial charge in [-0.05, 0) is 55.8 Å². The summed E-state index contributed by atoms with van der Waals surface area (Å²) in [4.78, 5) is 28.2. The molecule has 3 aromatic carbocycles. The molecule has 0 spiro atoms. The van der Waals surface area contributed by atoms with Crippen molar-refractivity contribution in [2.45, 2.75) is 44.2 Å². The van der Waals surface area contributed by atoms with Crippen molar-refractivity contribution in [2.24, 2.45) is 0 Å². The second-order valence-corrected chi connectivity index (χ2v) is 12.5. The topological polar surface area (TPSA) is 86.8 Å². The van der Waals surface area contributed by atoms with E-state index in [0.717, 1.165) is 17.1 Å². The number of halogens is 4. The Morgan fingerprint density at radius 2 is 1.52 bits per heavy atom. The molecule has 40 heavy (non-hydrogen) atoms. The molecule has 3 aromatic rings. The third-order valence-corrected chi connectivity index (χ3v) is 9.42. The van der Waals surface area contributed by atoms with Gasteiger partial charge in [-0.15, -0.1) is 0 Å². The van der Waals surface area contributed by atoms with Gasteiger partial charge in [-0.25, -0.2) is 8.42 Å². The number of anilines is 1. The van der Waals surface area contributed by atoms with E-state index in [9.17, 15) is 18.0 Å². The first-order valence-electron chi connectivity index (χ1n) is 12.5. The van der Waals surface area contributed by atoms with Crippen molar-refractivity contribution in [2.75, 3.05) is 17.4 Å². The van der Waals surface area contributed by atoms with Crippen molar-refractivity contribution in [1.82, 2.24) is 10.2 Å². The molecule has 0 saturated heterocycles. The molecular weight excluding hydrogens is 616 g/mol. The van der Waals surface area contributed by atoms with E-state index in [1.807, 2.05) is 6.92 Å². The maximum absolute atomic E-state index is 14.0. The van der Waals surface area contributed by atoms with Crippen LogP contribution in [0.5, 0.6) is 0 Å². The Bertz CT molecular complexity index is 1430. The molecule has 0 aliphatic heterocycles. The number of hydrogen-bond donors (Lipinski definition) is 1. The number of carbonyl (C=O) groups is 2. The van der Waals surface area contributed by atoms with Crippen LogP contribution in [0.15, 0.2) is 71.6 Å². The van der Waals surface area contributed by atoms with Gasteiger partial charge in [0, 0.05) is 28.7 Å². The number of rotatable bonds is 12. The van der Waals surface area contributed by atoms with Gasteiger partial charge in [0.2, 0.25) is 11.8 Å². The van der Waals surface area contributed by atoms with Crippen molar-refractivity contribution < 1.29 is 18.0 Å². The SMILES string of the molecule is CCCCNC(=O)C(C)N(Cc1c(Cl)cccc1Cl)C(=O)CN(c1ccc(Cl)c(Cl)c1)S(=O)(=O)c1ccccc1. The van der Waals surface area contributed by atoms with Gasteiger partial charge < -0.3 is 10.2 Å². The number of amides is 2. The maximum atomic E-state index is 14.0. The van der Waals surface area contributed by atoms with Crippen molar-refractivity contribution >= 4 is 73.9 Å². The number of benzene rings is 3. The normalized spacial score (nSPS) is 12.1. The van der Waals surface area contributed by atoms with Crippen LogP contribution in [0.4, 0.5) is 5.69 Å². The van der Waals surface area contributed by atoms with Crippen LogP contribution < -0.4 is 9.62 Å². The third kappa shape index (κ3) is 7.83. The molecule has 2 amide bonds. The zero-order valence-electron chi connectivity index (χ0n) is 21.9. The summed E-state index contributed by atoms with van der Waals surface area (Å²) in [5, 5.41) is 3.78. The highest BCUT2D eigenvalue weighted by molar-refractivity contribution is 7.92. The van der Waals surface area contributed by atoms with Crippen LogP contribution in [0.2, 0.25) is 20.1 Å². The zero-order chi connectivity index (χ0) is 29.4. The van der Waals surface area contributed by atoms with Crippen LogP contribution >= 0.6 is 46.4 Å². The fourth-order valence-electron chi connectivity index (χ4n) is 3.86. The molecule has 1 unspecified atom stereocenters. The fraction of sp³-hybridized carbons (Fsp3) is 0.286. The van der Waals surface area contributed by atoms with E-state index in [2.05, 4.69) is 5.32 Å². The Hall–Kier alpha value is -2.49. The fourth-order valence-corrected chi connectivity index (χ4v) is 6.10. The van der Waals surface area contributed by atoms with Crippen molar-refractivity contribution in [1.29, 1.82) is 0 Å². The monoisotopic (exact) mass is 643 g/mol. The van der Waals surface area contributed by atoms with Gasteiger partial charge in [0.1, 0.15) is 12.6 Å². The number of carbonyl (C=O) groups excluding carboxylic acids is 2. The molecule has 0 fully saturated rings. The Balaban J connectivity index is 2.05. The summed E-state index contributed by atoms with van der Waals surface area (Å²) >= 11 is 25.1. The molecule has 1 N–H and O–H groups in total. The minimum Gasteiger partial charge on any atom is -0.354 e. The number of hydrogen-bond acceptors (Lipinski definition) is 4. The molecule has 0 aromatic heterocycles. The lowest BCUT2D eigenvalue weighted by Crippen LogP contribution is -2.51. The lowest BCUT2D eigenvalue weighted by molar-refractivity contribution is -0.139. The number of nitrogens with zero attached hydrogens (tertiary/aromatic N) is 2. The van der Waals surface area contributed by atoms with Gasteiger partial charge in [0.05, 0.1) is 20.6 Å². The van der Waals surface area contributed by atoms with Gasteiger partial charge in [-0.2, -0.15) is 0 Å². The first-order valence-corrected chi connectivity index (χ1v) is 15.5. The Morgan fingerprint density at radius 1 is 0.875 bits per heavy atom. The molecule has 214 valence electrons. The van der Waals surface area contributed by atoms with E-state index >= 15 is 0 Å². The minimum absolute atomic E-state index is 0.0278. The lowest BCUT2D eigenvalue weighted by Gasteiger charge is -2.32. The summed E-state index contributed by atoms with van der Waals surface area (Å²) in [5.74, 6) is -1.04. The van der Waals surface area contributed by atoms with E-state index in [-0.39, 0.29) is 27.2 Å². The predicted octanol–water partition coefficient (Wildman–Crippen LogP) is 6.83. The van der Waals surface area contributed by atoms with Gasteiger partial charge in [0.15, 0.2) is 0 Å². The van der Waals surface area contributed by atoms with E-state index in [4.69, 9.17) is 46.4 Å². The highest BCUT2D eigenvalue weighted by Crippen LogP contribution is 2.31. The van der Waals surface area contributed by atoms with Crippen LogP contribution in [0, 0.1) is 0 Å². The standard InChI is InChI=1S/C28H29Cl4N3O4S/c1-3-4-15-33-28(37)19(2)34(17-22-23(29)11-8-12-24(22)30)27(36)18-35(20-13-14-25(31)26(32)16-20)40(38,39)21-9-6-5-7-10-21/h5-14,16,19H,3-4,15,17-18H2,1-2H3,(H,33,37). The smallest absolute Gasteiger partial charge is 0.264 e. The Morgan fingerprint density at radius 3 is 2.12 bits per heavy atom. The van der Waals surface area contributed by atoms with Gasteiger partial charge in [-0.1, -0.05) is 84.0 Å². The molecule has 0 aliphatic rings. The first kappa shape index (κ1) is 32.0. The van der Waals surface area contributed by atoms with E-state index in [1.54, 1.807) is 43.3 Å². The summed E-state index contributed by atoms with van der Waals surface area (Å²) in [7, 11) is -4.23. The van der Waals surface area contributed by atoms with Crippen LogP contribution in [0.1, 0.15) is 32.3 Å². The molecule has 0 bridgehead atoms. The molecule has 3 rings (SSSR count). The van der Waals surface area contributed by atoms with Crippen molar-refractivity contribution in [3.8, 4) is 0 Å². The minimum atomic E-state index is -4.23. The second-order valence-electron chi connectivity index (χ2n) is 8.97. The predicted molar refractivity (Wildman–Crippen MR) is 162 cm³/mol. The average molecular weight is 645 g/mol. The van der Waals surface area contributed by atoms with Crippen LogP contribution in [-0.2, 0) is 26.2 Å². The van der Waals surface area contributed by atoms with E-state index in [0.29, 0.717) is 22.2 Å². The number of sulfonamides is 1. The van der Waals surface area contributed by atoms with Gasteiger partial charge in [-0.3, -0.25) is 13.9 Å². The summed E-state index contributed by atoms with van der Waals surface area (Å²) in [5.41, 5.74) is 0.557. The second kappa shape index (κ2) is 14.4. The van der Waals surface area contributed by atoms with E-state index < -0.39 is 34.4 Å².